The number of nitrogens with two attached hydrogens (primary N) is 1. The van der Waals surface area contributed by atoms with Crippen molar-refractivity contribution in [3.05, 3.63) is 17.1 Å². The van der Waals surface area contributed by atoms with Crippen molar-refractivity contribution in [2.75, 3.05) is 12.0 Å². The van der Waals surface area contributed by atoms with Crippen LogP contribution in [0.4, 0.5) is 5.82 Å². The molecule has 6 heteroatoms. The van der Waals surface area contributed by atoms with Crippen molar-refractivity contribution in [3.63, 3.8) is 0 Å². The van der Waals surface area contributed by atoms with E-state index < -0.39 is 10.8 Å². The molecule has 104 valence electrons. The van der Waals surface area contributed by atoms with Gasteiger partial charge in [-0.15, -0.1) is 0 Å². The van der Waals surface area contributed by atoms with Crippen LogP contribution in [0, 0.1) is 20.8 Å². The lowest BCUT2D eigenvalue weighted by atomic mass is 10.2. The summed E-state index contributed by atoms with van der Waals surface area (Å²) in [5, 5.41) is 0.988. The third kappa shape index (κ3) is 2.36. The Morgan fingerprint density at radius 3 is 2.53 bits per heavy atom. The molecule has 0 fully saturated rings. The molecular weight excluding hydrogens is 260 g/mol. The quantitative estimate of drug-likeness (QED) is 0.928. The molecule has 2 rings (SSSR count). The van der Waals surface area contributed by atoms with Crippen molar-refractivity contribution in [1.82, 2.24) is 14.5 Å². The van der Waals surface area contributed by atoms with Gasteiger partial charge in [-0.2, -0.15) is 0 Å². The smallest absolute Gasteiger partial charge is 0.146 e. The van der Waals surface area contributed by atoms with Crippen LogP contribution in [0.15, 0.2) is 0 Å². The minimum atomic E-state index is -0.859. The Kier molecular flexibility index (Phi) is 3.62. The number of aromatic nitrogens is 3. The number of anilines is 1. The normalized spacial score (nSPS) is 14.8. The van der Waals surface area contributed by atoms with E-state index in [0.717, 1.165) is 22.3 Å². The Bertz CT molecular complexity index is 662. The van der Waals surface area contributed by atoms with E-state index in [1.807, 2.05) is 27.7 Å². The molecule has 0 spiro atoms. The van der Waals surface area contributed by atoms with Crippen molar-refractivity contribution >= 4 is 27.7 Å². The Morgan fingerprint density at radius 2 is 1.95 bits per heavy atom. The highest BCUT2D eigenvalue weighted by Gasteiger charge is 2.18. The van der Waals surface area contributed by atoms with Crippen LogP contribution in [-0.4, -0.2) is 30.2 Å². The summed E-state index contributed by atoms with van der Waals surface area (Å²) in [6.45, 7) is 8.55. The van der Waals surface area contributed by atoms with E-state index in [9.17, 15) is 4.21 Å². The number of hydrogen-bond donors (Lipinski definition) is 1. The molecule has 0 amide bonds. The molecule has 2 heterocycles. The van der Waals surface area contributed by atoms with Gasteiger partial charge in [0, 0.05) is 34.5 Å². The van der Waals surface area contributed by atoms with E-state index in [2.05, 4.69) is 14.5 Å². The van der Waals surface area contributed by atoms with Crippen LogP contribution in [0.1, 0.15) is 24.0 Å². The van der Waals surface area contributed by atoms with Crippen molar-refractivity contribution < 1.29 is 4.21 Å². The second kappa shape index (κ2) is 4.92. The zero-order valence-electron chi connectivity index (χ0n) is 12.0. The molecule has 2 unspecified atom stereocenters. The summed E-state index contributed by atoms with van der Waals surface area (Å²) in [6.07, 6.45) is 1.73. The standard InChI is InChI=1S/C13H20N4OS/c1-7(19(5)18)6-17-9(3)8(2)11-12(14)15-10(4)16-13(11)17/h7H,6H2,1-5H3,(H2,14,15,16). The minimum absolute atomic E-state index is 0.0743. The van der Waals surface area contributed by atoms with Gasteiger partial charge in [0.25, 0.3) is 0 Å². The maximum atomic E-state index is 11.6. The molecule has 2 aromatic rings. The zero-order chi connectivity index (χ0) is 14.3. The summed E-state index contributed by atoms with van der Waals surface area (Å²) in [7, 11) is -0.859. The van der Waals surface area contributed by atoms with Gasteiger partial charge in [0.1, 0.15) is 17.3 Å². The Balaban J connectivity index is 2.67. The van der Waals surface area contributed by atoms with E-state index in [0.29, 0.717) is 18.2 Å². The monoisotopic (exact) mass is 280 g/mol. The molecule has 2 aromatic heterocycles. The van der Waals surface area contributed by atoms with Gasteiger partial charge in [-0.05, 0) is 33.3 Å². The summed E-state index contributed by atoms with van der Waals surface area (Å²) >= 11 is 0. The predicted molar refractivity (Wildman–Crippen MR) is 79.7 cm³/mol. The number of rotatable bonds is 3. The van der Waals surface area contributed by atoms with E-state index in [1.54, 1.807) is 6.26 Å². The van der Waals surface area contributed by atoms with Gasteiger partial charge < -0.3 is 10.3 Å². The first-order chi connectivity index (χ1) is 8.82. The topological polar surface area (TPSA) is 73.8 Å². The Labute approximate surface area is 115 Å². The summed E-state index contributed by atoms with van der Waals surface area (Å²) in [5.41, 5.74) is 9.06. The molecular formula is C13H20N4OS. The highest BCUT2D eigenvalue weighted by molar-refractivity contribution is 7.84. The van der Waals surface area contributed by atoms with Crippen LogP contribution in [0.3, 0.4) is 0 Å². The summed E-state index contributed by atoms with van der Waals surface area (Å²) < 4.78 is 13.7. The molecule has 2 atom stereocenters. The maximum absolute atomic E-state index is 11.6. The van der Waals surface area contributed by atoms with Gasteiger partial charge in [-0.25, -0.2) is 9.97 Å². The average molecular weight is 280 g/mol. The lowest BCUT2D eigenvalue weighted by Gasteiger charge is -2.12. The number of aryl methyl sites for hydroxylation is 2. The molecule has 0 radical (unpaired) electrons. The number of nitrogens with zero attached hydrogens (tertiary/aromatic N) is 3. The second-order valence-electron chi connectivity index (χ2n) is 4.98. The van der Waals surface area contributed by atoms with Gasteiger partial charge in [0.2, 0.25) is 0 Å². The first-order valence-electron chi connectivity index (χ1n) is 6.24. The zero-order valence-corrected chi connectivity index (χ0v) is 12.8. The van der Waals surface area contributed by atoms with Crippen LogP contribution in [-0.2, 0) is 17.3 Å². The Hall–Kier alpha value is -1.43. The van der Waals surface area contributed by atoms with Crippen LogP contribution in [0.2, 0.25) is 0 Å². The number of nitrogen functional groups attached to an aromatic ring is 1. The lowest BCUT2D eigenvalue weighted by Crippen LogP contribution is -2.18. The van der Waals surface area contributed by atoms with Crippen molar-refractivity contribution in [3.8, 4) is 0 Å². The molecule has 0 aliphatic heterocycles. The second-order valence-corrected chi connectivity index (χ2v) is 6.79. The lowest BCUT2D eigenvalue weighted by molar-refractivity contribution is 0.643. The largest absolute Gasteiger partial charge is 0.383 e. The van der Waals surface area contributed by atoms with Gasteiger partial charge in [-0.3, -0.25) is 4.21 Å². The van der Waals surface area contributed by atoms with Crippen LogP contribution in [0.25, 0.3) is 11.0 Å². The highest BCUT2D eigenvalue weighted by Crippen LogP contribution is 2.28. The van der Waals surface area contributed by atoms with Crippen molar-refractivity contribution in [2.24, 2.45) is 0 Å². The first-order valence-corrected chi connectivity index (χ1v) is 7.86. The fraction of sp³-hybridized carbons (Fsp3) is 0.538. The SMILES string of the molecule is Cc1nc(N)c2c(C)c(C)n(CC(C)S(C)=O)c2n1. The van der Waals surface area contributed by atoms with E-state index in [-0.39, 0.29) is 5.25 Å². The molecule has 0 aliphatic carbocycles. The predicted octanol–water partition coefficient (Wildman–Crippen LogP) is 1.71. The molecule has 0 aromatic carbocycles. The van der Waals surface area contributed by atoms with E-state index >= 15 is 0 Å². The summed E-state index contributed by atoms with van der Waals surface area (Å²) in [5.74, 6) is 1.18. The number of hydrogen-bond acceptors (Lipinski definition) is 4. The van der Waals surface area contributed by atoms with Crippen LogP contribution in [0.5, 0.6) is 0 Å². The maximum Gasteiger partial charge on any atom is 0.146 e. The third-order valence-corrected chi connectivity index (χ3v) is 4.90. The van der Waals surface area contributed by atoms with Gasteiger partial charge in [0.05, 0.1) is 5.39 Å². The van der Waals surface area contributed by atoms with Gasteiger partial charge in [0.15, 0.2) is 0 Å². The van der Waals surface area contributed by atoms with E-state index in [1.165, 1.54) is 0 Å². The molecule has 0 bridgehead atoms. The fourth-order valence-corrected chi connectivity index (χ4v) is 2.62. The highest BCUT2D eigenvalue weighted by atomic mass is 32.2. The van der Waals surface area contributed by atoms with Crippen LogP contribution < -0.4 is 5.73 Å². The van der Waals surface area contributed by atoms with Gasteiger partial charge in [-0.1, -0.05) is 0 Å². The summed E-state index contributed by atoms with van der Waals surface area (Å²) in [4.78, 5) is 8.73. The average Bonchev–Trinajstić information content (AvgIpc) is 2.54. The molecule has 0 aliphatic rings. The van der Waals surface area contributed by atoms with Crippen LogP contribution >= 0.6 is 0 Å². The summed E-state index contributed by atoms with van der Waals surface area (Å²) in [6, 6.07) is 0. The van der Waals surface area contributed by atoms with Crippen molar-refractivity contribution in [1.29, 1.82) is 0 Å². The molecule has 2 N–H and O–H groups in total. The molecule has 0 saturated carbocycles. The molecule has 5 nitrogen and oxygen atoms in total. The molecule has 19 heavy (non-hydrogen) atoms. The van der Waals surface area contributed by atoms with E-state index in [4.69, 9.17) is 5.73 Å². The first kappa shape index (κ1) is 14.0. The number of fused-ring (bicyclic) bond motifs is 1. The van der Waals surface area contributed by atoms with Gasteiger partial charge >= 0.3 is 0 Å². The third-order valence-electron chi connectivity index (χ3n) is 3.61. The molecule has 0 saturated heterocycles. The van der Waals surface area contributed by atoms with Crippen molar-refractivity contribution in [2.45, 2.75) is 39.5 Å². The minimum Gasteiger partial charge on any atom is -0.383 e. The fourth-order valence-electron chi connectivity index (χ4n) is 2.26. The Morgan fingerprint density at radius 1 is 1.32 bits per heavy atom.